The Hall–Kier alpha value is -2.40. The molecule has 0 saturated heterocycles. The monoisotopic (exact) mass is 337 g/mol. The maximum Gasteiger partial charge on any atom is 0.271 e. The normalized spacial score (nSPS) is 10.7. The zero-order chi connectivity index (χ0) is 16.8. The average Bonchev–Trinajstić information content (AvgIpc) is 2.62. The van der Waals surface area contributed by atoms with E-state index in [1.165, 1.54) is 17.3 Å². The quantitative estimate of drug-likeness (QED) is 0.698. The van der Waals surface area contributed by atoms with Crippen LogP contribution in [0.3, 0.4) is 0 Å². The summed E-state index contributed by atoms with van der Waals surface area (Å²) in [6.45, 7) is 2.70. The Balaban J connectivity index is 1.45. The Bertz CT molecular complexity index is 833. The summed E-state index contributed by atoms with van der Waals surface area (Å²) in [5.41, 5.74) is 4.46. The number of carbonyl (C=O) groups is 1. The van der Waals surface area contributed by atoms with E-state index in [4.69, 9.17) is 0 Å². The molecule has 2 aromatic carbocycles. The molecule has 5 heteroatoms. The minimum absolute atomic E-state index is 0.177. The third-order valence-electron chi connectivity index (χ3n) is 3.60. The first-order valence-corrected chi connectivity index (χ1v) is 9.01. The van der Waals surface area contributed by atoms with Crippen LogP contribution >= 0.6 is 11.8 Å². The van der Waals surface area contributed by atoms with Crippen molar-refractivity contribution in [2.45, 2.75) is 12.7 Å². The molecule has 0 spiro atoms. The molecule has 0 fully saturated rings. The number of para-hydroxylation sites is 2. The van der Waals surface area contributed by atoms with Crippen LogP contribution in [-0.4, -0.2) is 28.2 Å². The van der Waals surface area contributed by atoms with Crippen LogP contribution in [0, 0.1) is 6.92 Å². The largest absolute Gasteiger partial charge is 0.350 e. The van der Waals surface area contributed by atoms with Crippen molar-refractivity contribution in [2.75, 3.05) is 12.3 Å². The van der Waals surface area contributed by atoms with E-state index in [1.807, 2.05) is 24.3 Å². The Labute approximate surface area is 145 Å². The van der Waals surface area contributed by atoms with E-state index in [1.54, 1.807) is 11.8 Å². The molecule has 122 valence electrons. The van der Waals surface area contributed by atoms with Crippen molar-refractivity contribution < 1.29 is 4.79 Å². The van der Waals surface area contributed by atoms with Gasteiger partial charge in [0.1, 0.15) is 5.69 Å². The van der Waals surface area contributed by atoms with Gasteiger partial charge in [-0.2, -0.15) is 11.8 Å². The zero-order valence-corrected chi connectivity index (χ0v) is 14.3. The predicted molar refractivity (Wildman–Crippen MR) is 99.2 cm³/mol. The lowest BCUT2D eigenvalue weighted by molar-refractivity contribution is 0.0951. The molecule has 0 aliphatic carbocycles. The highest BCUT2D eigenvalue weighted by atomic mass is 32.2. The second-order valence-electron chi connectivity index (χ2n) is 5.54. The van der Waals surface area contributed by atoms with Gasteiger partial charge >= 0.3 is 0 Å². The Morgan fingerprint density at radius 2 is 1.83 bits per heavy atom. The molecule has 0 aliphatic heterocycles. The number of aromatic nitrogens is 2. The van der Waals surface area contributed by atoms with Gasteiger partial charge in [-0.1, -0.05) is 42.0 Å². The van der Waals surface area contributed by atoms with Crippen molar-refractivity contribution in [3.05, 3.63) is 71.5 Å². The number of amides is 1. The number of nitrogens with zero attached hydrogens (tertiary/aromatic N) is 2. The molecule has 0 aliphatic rings. The van der Waals surface area contributed by atoms with Crippen LogP contribution in [0.1, 0.15) is 21.6 Å². The highest BCUT2D eigenvalue weighted by Crippen LogP contribution is 2.12. The van der Waals surface area contributed by atoms with E-state index in [2.05, 4.69) is 46.5 Å². The maximum absolute atomic E-state index is 12.1. The van der Waals surface area contributed by atoms with Crippen LogP contribution < -0.4 is 5.32 Å². The van der Waals surface area contributed by atoms with Gasteiger partial charge in [0.2, 0.25) is 0 Å². The summed E-state index contributed by atoms with van der Waals surface area (Å²) in [5.74, 6) is 1.64. The first-order chi connectivity index (χ1) is 11.7. The molecule has 0 atom stereocenters. The third-order valence-corrected chi connectivity index (χ3v) is 4.63. The van der Waals surface area contributed by atoms with Gasteiger partial charge in [-0.05, 0) is 24.6 Å². The summed E-state index contributed by atoms with van der Waals surface area (Å²) in [5, 5.41) is 2.90. The van der Waals surface area contributed by atoms with Crippen LogP contribution in [0.15, 0.2) is 54.7 Å². The Morgan fingerprint density at radius 3 is 2.62 bits per heavy atom. The summed E-state index contributed by atoms with van der Waals surface area (Å²) < 4.78 is 0. The Kier molecular flexibility index (Phi) is 5.43. The van der Waals surface area contributed by atoms with Gasteiger partial charge in [0.15, 0.2) is 0 Å². The second-order valence-corrected chi connectivity index (χ2v) is 6.64. The minimum Gasteiger partial charge on any atom is -0.350 e. The Morgan fingerprint density at radius 1 is 1.08 bits per heavy atom. The van der Waals surface area contributed by atoms with Crippen LogP contribution in [0.2, 0.25) is 0 Å². The van der Waals surface area contributed by atoms with Crippen LogP contribution in [0.25, 0.3) is 11.0 Å². The molecule has 1 aromatic heterocycles. The van der Waals surface area contributed by atoms with Gasteiger partial charge < -0.3 is 5.32 Å². The number of hydrogen-bond acceptors (Lipinski definition) is 4. The maximum atomic E-state index is 12.1. The van der Waals surface area contributed by atoms with E-state index < -0.39 is 0 Å². The fraction of sp³-hybridized carbons (Fsp3) is 0.211. The molecule has 1 amide bonds. The predicted octanol–water partition coefficient (Wildman–Crippen LogP) is 3.60. The third kappa shape index (κ3) is 4.32. The fourth-order valence-electron chi connectivity index (χ4n) is 2.27. The average molecular weight is 337 g/mol. The number of benzene rings is 2. The lowest BCUT2D eigenvalue weighted by Gasteiger charge is -2.06. The number of carbonyl (C=O) groups excluding carboxylic acids is 1. The highest BCUT2D eigenvalue weighted by molar-refractivity contribution is 7.98. The highest BCUT2D eigenvalue weighted by Gasteiger charge is 2.08. The van der Waals surface area contributed by atoms with Crippen molar-refractivity contribution in [2.24, 2.45) is 0 Å². The SMILES string of the molecule is Cc1ccc(CSCCNC(=O)c2cnc3ccccc3n2)cc1. The van der Waals surface area contributed by atoms with Gasteiger partial charge in [0, 0.05) is 18.1 Å². The number of aryl methyl sites for hydroxylation is 1. The molecule has 1 N–H and O–H groups in total. The smallest absolute Gasteiger partial charge is 0.271 e. The number of nitrogens with one attached hydrogen (secondary N) is 1. The van der Waals surface area contributed by atoms with Gasteiger partial charge in [0.25, 0.3) is 5.91 Å². The molecule has 0 saturated carbocycles. The molecule has 0 bridgehead atoms. The van der Waals surface area contributed by atoms with E-state index in [0.29, 0.717) is 12.2 Å². The molecule has 24 heavy (non-hydrogen) atoms. The van der Waals surface area contributed by atoms with Crippen molar-refractivity contribution in [3.63, 3.8) is 0 Å². The fourth-order valence-corrected chi connectivity index (χ4v) is 3.09. The first kappa shape index (κ1) is 16.5. The van der Waals surface area contributed by atoms with E-state index in [0.717, 1.165) is 22.5 Å². The minimum atomic E-state index is -0.177. The number of fused-ring (bicyclic) bond motifs is 1. The van der Waals surface area contributed by atoms with Crippen molar-refractivity contribution in [3.8, 4) is 0 Å². The number of rotatable bonds is 6. The number of hydrogen-bond donors (Lipinski definition) is 1. The summed E-state index contributed by atoms with van der Waals surface area (Å²) in [4.78, 5) is 20.7. The summed E-state index contributed by atoms with van der Waals surface area (Å²) >= 11 is 1.80. The summed E-state index contributed by atoms with van der Waals surface area (Å²) in [6, 6.07) is 16.1. The zero-order valence-electron chi connectivity index (χ0n) is 13.5. The molecule has 4 nitrogen and oxygen atoms in total. The lowest BCUT2D eigenvalue weighted by Crippen LogP contribution is -2.26. The van der Waals surface area contributed by atoms with Gasteiger partial charge in [-0.25, -0.2) is 4.98 Å². The van der Waals surface area contributed by atoms with Crippen molar-refractivity contribution in [1.82, 2.24) is 15.3 Å². The number of thioether (sulfide) groups is 1. The van der Waals surface area contributed by atoms with E-state index in [9.17, 15) is 4.79 Å². The molecular weight excluding hydrogens is 318 g/mol. The van der Waals surface area contributed by atoms with Gasteiger partial charge in [-0.15, -0.1) is 0 Å². The molecule has 0 unspecified atom stereocenters. The second kappa shape index (κ2) is 7.93. The van der Waals surface area contributed by atoms with E-state index in [-0.39, 0.29) is 5.91 Å². The van der Waals surface area contributed by atoms with E-state index >= 15 is 0 Å². The molecule has 3 rings (SSSR count). The molecular formula is C19H19N3OS. The van der Waals surface area contributed by atoms with Crippen molar-refractivity contribution in [1.29, 1.82) is 0 Å². The molecule has 3 aromatic rings. The van der Waals surface area contributed by atoms with Crippen molar-refractivity contribution >= 4 is 28.7 Å². The topological polar surface area (TPSA) is 54.9 Å². The summed E-state index contributed by atoms with van der Waals surface area (Å²) in [7, 11) is 0. The summed E-state index contributed by atoms with van der Waals surface area (Å²) in [6.07, 6.45) is 1.52. The molecule has 1 heterocycles. The lowest BCUT2D eigenvalue weighted by atomic mass is 10.2. The van der Waals surface area contributed by atoms with Gasteiger partial charge in [-0.3, -0.25) is 9.78 Å². The molecule has 0 radical (unpaired) electrons. The first-order valence-electron chi connectivity index (χ1n) is 7.85. The van der Waals surface area contributed by atoms with Crippen LogP contribution in [0.4, 0.5) is 0 Å². The standard InChI is InChI=1S/C19H19N3OS/c1-14-6-8-15(9-7-14)13-24-11-10-20-19(23)18-12-21-16-4-2-3-5-17(16)22-18/h2-9,12H,10-11,13H2,1H3,(H,20,23). The van der Waals surface area contributed by atoms with Crippen LogP contribution in [0.5, 0.6) is 0 Å². The van der Waals surface area contributed by atoms with Crippen LogP contribution in [-0.2, 0) is 5.75 Å². The van der Waals surface area contributed by atoms with Gasteiger partial charge in [0.05, 0.1) is 17.2 Å².